The standard InChI is InChI=1S/C16H17BrFNO/c1-19-15(12-4-6-13(17)7-5-12)10-11-3-8-16(20-2)14(18)9-11/h3-9,15,19H,10H2,1-2H3. The van der Waals surface area contributed by atoms with Crippen LogP contribution in [-0.4, -0.2) is 14.2 Å². The lowest BCUT2D eigenvalue weighted by Crippen LogP contribution is -2.18. The van der Waals surface area contributed by atoms with Crippen molar-refractivity contribution in [3.63, 3.8) is 0 Å². The van der Waals surface area contributed by atoms with E-state index in [-0.39, 0.29) is 17.6 Å². The van der Waals surface area contributed by atoms with E-state index in [1.54, 1.807) is 6.07 Å². The molecule has 2 rings (SSSR count). The van der Waals surface area contributed by atoms with Crippen molar-refractivity contribution in [2.24, 2.45) is 0 Å². The van der Waals surface area contributed by atoms with Crippen LogP contribution >= 0.6 is 15.9 Å². The number of methoxy groups -OCH3 is 1. The van der Waals surface area contributed by atoms with Crippen LogP contribution in [-0.2, 0) is 6.42 Å². The SMILES string of the molecule is CNC(Cc1ccc(OC)c(F)c1)c1ccc(Br)cc1. The molecule has 1 atom stereocenters. The Morgan fingerprint density at radius 1 is 1.20 bits per heavy atom. The van der Waals surface area contributed by atoms with Gasteiger partial charge in [-0.15, -0.1) is 0 Å². The number of nitrogens with one attached hydrogen (secondary N) is 1. The molecule has 0 radical (unpaired) electrons. The molecule has 0 aliphatic carbocycles. The molecule has 0 saturated carbocycles. The molecule has 106 valence electrons. The van der Waals surface area contributed by atoms with Gasteiger partial charge >= 0.3 is 0 Å². The normalized spacial score (nSPS) is 12.2. The molecule has 0 aliphatic heterocycles. The first-order valence-electron chi connectivity index (χ1n) is 6.39. The summed E-state index contributed by atoms with van der Waals surface area (Å²) in [5, 5.41) is 3.27. The van der Waals surface area contributed by atoms with Gasteiger partial charge in [-0.2, -0.15) is 0 Å². The van der Waals surface area contributed by atoms with Gasteiger partial charge in [0, 0.05) is 10.5 Å². The number of rotatable bonds is 5. The summed E-state index contributed by atoms with van der Waals surface area (Å²) in [5.74, 6) is -0.0472. The van der Waals surface area contributed by atoms with E-state index in [0.29, 0.717) is 0 Å². The van der Waals surface area contributed by atoms with Gasteiger partial charge in [-0.1, -0.05) is 34.1 Å². The first-order valence-corrected chi connectivity index (χ1v) is 7.18. The van der Waals surface area contributed by atoms with E-state index >= 15 is 0 Å². The minimum absolute atomic E-state index is 0.149. The molecule has 0 aromatic heterocycles. The Morgan fingerprint density at radius 3 is 2.45 bits per heavy atom. The van der Waals surface area contributed by atoms with E-state index in [9.17, 15) is 4.39 Å². The third-order valence-electron chi connectivity index (χ3n) is 3.28. The van der Waals surface area contributed by atoms with E-state index in [4.69, 9.17) is 4.74 Å². The Morgan fingerprint density at radius 2 is 1.90 bits per heavy atom. The largest absolute Gasteiger partial charge is 0.494 e. The fourth-order valence-corrected chi connectivity index (χ4v) is 2.42. The van der Waals surface area contributed by atoms with Gasteiger partial charge in [0.05, 0.1) is 7.11 Å². The molecule has 0 amide bonds. The lowest BCUT2D eigenvalue weighted by atomic mass is 9.99. The van der Waals surface area contributed by atoms with Crippen molar-refractivity contribution in [1.29, 1.82) is 0 Å². The molecule has 0 aliphatic rings. The van der Waals surface area contributed by atoms with Crippen molar-refractivity contribution in [3.05, 3.63) is 63.9 Å². The van der Waals surface area contributed by atoms with Crippen LogP contribution in [0.2, 0.25) is 0 Å². The van der Waals surface area contributed by atoms with Crippen LogP contribution in [0, 0.1) is 5.82 Å². The van der Waals surface area contributed by atoms with Crippen LogP contribution in [0.15, 0.2) is 46.9 Å². The van der Waals surface area contributed by atoms with E-state index in [2.05, 4.69) is 33.4 Å². The van der Waals surface area contributed by atoms with Gasteiger partial charge in [0.2, 0.25) is 0 Å². The molecule has 0 fully saturated rings. The summed E-state index contributed by atoms with van der Waals surface area (Å²) in [6.07, 6.45) is 0.721. The van der Waals surface area contributed by atoms with Gasteiger partial charge < -0.3 is 10.1 Å². The van der Waals surface area contributed by atoms with Crippen LogP contribution in [0.4, 0.5) is 4.39 Å². The molecular formula is C16H17BrFNO. The summed E-state index contributed by atoms with van der Waals surface area (Å²) in [4.78, 5) is 0. The van der Waals surface area contributed by atoms with Crippen molar-refractivity contribution in [1.82, 2.24) is 5.32 Å². The van der Waals surface area contributed by atoms with Gasteiger partial charge in [-0.3, -0.25) is 0 Å². The van der Waals surface area contributed by atoms with E-state index in [1.165, 1.54) is 18.7 Å². The average molecular weight is 338 g/mol. The zero-order chi connectivity index (χ0) is 14.5. The van der Waals surface area contributed by atoms with Crippen molar-refractivity contribution >= 4 is 15.9 Å². The Labute approximate surface area is 127 Å². The molecule has 20 heavy (non-hydrogen) atoms. The number of likely N-dealkylation sites (N-methyl/N-ethyl adjacent to an activating group) is 1. The predicted octanol–water partition coefficient (Wildman–Crippen LogP) is 4.10. The Kier molecular flexibility index (Phi) is 5.15. The first kappa shape index (κ1) is 15.0. The topological polar surface area (TPSA) is 21.3 Å². The molecule has 0 bridgehead atoms. The zero-order valence-corrected chi connectivity index (χ0v) is 13.1. The highest BCUT2D eigenvalue weighted by Crippen LogP contribution is 2.23. The van der Waals surface area contributed by atoms with Crippen molar-refractivity contribution in [3.8, 4) is 5.75 Å². The average Bonchev–Trinajstić information content (AvgIpc) is 2.46. The maximum Gasteiger partial charge on any atom is 0.165 e. The van der Waals surface area contributed by atoms with Gasteiger partial charge in [0.25, 0.3) is 0 Å². The molecule has 1 unspecified atom stereocenters. The fraction of sp³-hybridized carbons (Fsp3) is 0.250. The fourth-order valence-electron chi connectivity index (χ4n) is 2.15. The van der Waals surface area contributed by atoms with Gasteiger partial charge in [0.1, 0.15) is 0 Å². The van der Waals surface area contributed by atoms with Crippen LogP contribution in [0.25, 0.3) is 0 Å². The maximum absolute atomic E-state index is 13.7. The highest BCUT2D eigenvalue weighted by molar-refractivity contribution is 9.10. The van der Waals surface area contributed by atoms with Crippen LogP contribution in [0.1, 0.15) is 17.2 Å². The number of ether oxygens (including phenoxy) is 1. The molecular weight excluding hydrogens is 321 g/mol. The second-order valence-electron chi connectivity index (χ2n) is 4.57. The summed E-state index contributed by atoms with van der Waals surface area (Å²) in [6, 6.07) is 13.4. The summed E-state index contributed by atoms with van der Waals surface area (Å²) in [6.45, 7) is 0. The van der Waals surface area contributed by atoms with Crippen LogP contribution in [0.5, 0.6) is 5.75 Å². The monoisotopic (exact) mass is 337 g/mol. The van der Waals surface area contributed by atoms with Crippen LogP contribution in [0.3, 0.4) is 0 Å². The summed E-state index contributed by atoms with van der Waals surface area (Å²) in [5.41, 5.74) is 2.11. The Balaban J connectivity index is 2.17. The van der Waals surface area contributed by atoms with Gasteiger partial charge in [0.15, 0.2) is 11.6 Å². The minimum Gasteiger partial charge on any atom is -0.494 e. The van der Waals surface area contributed by atoms with E-state index < -0.39 is 0 Å². The third kappa shape index (κ3) is 3.58. The number of benzene rings is 2. The van der Waals surface area contributed by atoms with Crippen molar-refractivity contribution in [2.45, 2.75) is 12.5 Å². The van der Waals surface area contributed by atoms with E-state index in [1.807, 2.05) is 25.2 Å². The lowest BCUT2D eigenvalue weighted by molar-refractivity contribution is 0.386. The Bertz CT molecular complexity index is 571. The maximum atomic E-state index is 13.7. The summed E-state index contributed by atoms with van der Waals surface area (Å²) >= 11 is 3.42. The lowest BCUT2D eigenvalue weighted by Gasteiger charge is -2.17. The number of hydrogen-bond acceptors (Lipinski definition) is 2. The molecule has 2 aromatic rings. The zero-order valence-electron chi connectivity index (χ0n) is 11.5. The summed E-state index contributed by atoms with van der Waals surface area (Å²) in [7, 11) is 3.38. The van der Waals surface area contributed by atoms with E-state index in [0.717, 1.165) is 16.5 Å². The highest BCUT2D eigenvalue weighted by Gasteiger charge is 2.12. The second kappa shape index (κ2) is 6.86. The molecule has 4 heteroatoms. The quantitative estimate of drug-likeness (QED) is 0.886. The summed E-state index contributed by atoms with van der Waals surface area (Å²) < 4.78 is 19.7. The van der Waals surface area contributed by atoms with Crippen molar-refractivity contribution in [2.75, 3.05) is 14.2 Å². The van der Waals surface area contributed by atoms with Gasteiger partial charge in [-0.25, -0.2) is 4.39 Å². The first-order chi connectivity index (χ1) is 9.63. The third-order valence-corrected chi connectivity index (χ3v) is 3.81. The second-order valence-corrected chi connectivity index (χ2v) is 5.48. The molecule has 0 heterocycles. The number of halogens is 2. The molecule has 2 nitrogen and oxygen atoms in total. The molecule has 2 aromatic carbocycles. The number of hydrogen-bond donors (Lipinski definition) is 1. The molecule has 0 saturated heterocycles. The smallest absolute Gasteiger partial charge is 0.165 e. The highest BCUT2D eigenvalue weighted by atomic mass is 79.9. The molecule has 1 N–H and O–H groups in total. The Hall–Kier alpha value is -1.39. The minimum atomic E-state index is -0.323. The molecule has 0 spiro atoms. The van der Waals surface area contributed by atoms with Crippen LogP contribution < -0.4 is 10.1 Å². The predicted molar refractivity (Wildman–Crippen MR) is 82.6 cm³/mol. The van der Waals surface area contributed by atoms with Crippen molar-refractivity contribution < 1.29 is 9.13 Å². The van der Waals surface area contributed by atoms with Gasteiger partial charge in [-0.05, 0) is 48.9 Å².